The summed E-state index contributed by atoms with van der Waals surface area (Å²) in [5, 5.41) is 0. The molecule has 0 spiro atoms. The number of benzene rings is 3. The first-order valence-corrected chi connectivity index (χ1v) is 8.06. The van der Waals surface area contributed by atoms with Crippen molar-refractivity contribution in [1.29, 1.82) is 0 Å². The molecular weight excluding hydrogens is 401 g/mol. The van der Waals surface area contributed by atoms with Gasteiger partial charge in [-0.15, -0.1) is 0 Å². The molecule has 0 aliphatic carbocycles. The van der Waals surface area contributed by atoms with Crippen molar-refractivity contribution < 1.29 is 35.5 Å². The van der Waals surface area contributed by atoms with Crippen molar-refractivity contribution in [2.24, 2.45) is 0 Å². The molecule has 0 aliphatic rings. The van der Waals surface area contributed by atoms with E-state index in [4.69, 9.17) is 0 Å². The van der Waals surface area contributed by atoms with Crippen LogP contribution in [-0.4, -0.2) is 0 Å². The Morgan fingerprint density at radius 2 is 1.24 bits per heavy atom. The van der Waals surface area contributed by atoms with Gasteiger partial charge in [0.15, 0.2) is 17.5 Å². The van der Waals surface area contributed by atoms with Crippen LogP contribution in [0, 0.1) is 29.1 Å². The van der Waals surface area contributed by atoms with Gasteiger partial charge in [0.25, 0.3) is 0 Å². The molecule has 29 heavy (non-hydrogen) atoms. The molecule has 150 valence electrons. The molecule has 0 heterocycles. The summed E-state index contributed by atoms with van der Waals surface area (Å²) in [5.74, 6) is -9.91. The molecule has 0 fully saturated rings. The largest absolute Gasteiger partial charge is 0.432 e. The van der Waals surface area contributed by atoms with Crippen LogP contribution in [0.1, 0.15) is 11.1 Å². The van der Waals surface area contributed by atoms with Crippen LogP contribution in [0.15, 0.2) is 55.1 Å². The fourth-order valence-corrected chi connectivity index (χ4v) is 2.62. The van der Waals surface area contributed by atoms with Gasteiger partial charge in [0.05, 0.1) is 0 Å². The molecule has 0 bridgehead atoms. The van der Waals surface area contributed by atoms with E-state index in [0.717, 1.165) is 5.56 Å². The van der Waals surface area contributed by atoms with Gasteiger partial charge in [-0.3, -0.25) is 0 Å². The van der Waals surface area contributed by atoms with Crippen LogP contribution >= 0.6 is 0 Å². The molecule has 0 atom stereocenters. The summed E-state index contributed by atoms with van der Waals surface area (Å²) in [5.41, 5.74) is -0.681. The quantitative estimate of drug-likeness (QED) is 0.330. The lowest BCUT2D eigenvalue weighted by molar-refractivity contribution is -0.189. The van der Waals surface area contributed by atoms with E-state index >= 15 is 0 Å². The van der Waals surface area contributed by atoms with Crippen LogP contribution in [-0.2, 0) is 6.11 Å². The number of hydrogen-bond acceptors (Lipinski definition) is 1. The molecule has 3 aromatic rings. The van der Waals surface area contributed by atoms with Crippen molar-refractivity contribution in [1.82, 2.24) is 0 Å². The number of rotatable bonds is 5. The summed E-state index contributed by atoms with van der Waals surface area (Å²) in [6.45, 7) is 3.57. The first kappa shape index (κ1) is 20.4. The summed E-state index contributed by atoms with van der Waals surface area (Å²) in [4.78, 5) is 0. The van der Waals surface area contributed by atoms with Crippen molar-refractivity contribution >= 4 is 6.08 Å². The second-order valence-corrected chi connectivity index (χ2v) is 5.96. The normalized spacial score (nSPS) is 11.4. The molecular formula is C21H11F7O. The van der Waals surface area contributed by atoms with Gasteiger partial charge in [-0.2, -0.15) is 8.78 Å². The van der Waals surface area contributed by atoms with Crippen molar-refractivity contribution in [2.45, 2.75) is 6.11 Å². The van der Waals surface area contributed by atoms with E-state index < -0.39 is 46.5 Å². The summed E-state index contributed by atoms with van der Waals surface area (Å²) >= 11 is 0. The second kappa shape index (κ2) is 7.62. The van der Waals surface area contributed by atoms with Crippen LogP contribution in [0.4, 0.5) is 30.7 Å². The molecule has 3 rings (SSSR count). The van der Waals surface area contributed by atoms with Gasteiger partial charge in [0, 0.05) is 12.1 Å². The van der Waals surface area contributed by atoms with Gasteiger partial charge in [-0.05, 0) is 28.8 Å². The first-order valence-electron chi connectivity index (χ1n) is 8.06. The van der Waals surface area contributed by atoms with Crippen molar-refractivity contribution in [3.05, 3.63) is 95.3 Å². The van der Waals surface area contributed by atoms with Crippen molar-refractivity contribution in [2.75, 3.05) is 0 Å². The Morgan fingerprint density at radius 3 is 1.72 bits per heavy atom. The topological polar surface area (TPSA) is 9.23 Å². The summed E-state index contributed by atoms with van der Waals surface area (Å²) in [7, 11) is 0. The number of ether oxygens (including phenoxy) is 1. The molecule has 0 saturated carbocycles. The monoisotopic (exact) mass is 412 g/mol. The fraction of sp³-hybridized carbons (Fsp3) is 0.0476. The Bertz CT molecular complexity index is 1030. The van der Waals surface area contributed by atoms with E-state index in [2.05, 4.69) is 11.3 Å². The standard InChI is InChI=1S/C21H11F7O/c1-2-11-3-5-12(6-4-11)13-7-15(22)19(16(23)8-13)21(27,28)29-14-9-17(24)20(26)18(25)10-14/h2-10H,1H2. The van der Waals surface area contributed by atoms with Crippen LogP contribution in [0.5, 0.6) is 5.75 Å². The molecule has 0 aromatic heterocycles. The maximum atomic E-state index is 14.3. The Balaban J connectivity index is 1.98. The number of halogens is 7. The average Bonchev–Trinajstić information content (AvgIpc) is 2.65. The van der Waals surface area contributed by atoms with Gasteiger partial charge in [-0.1, -0.05) is 36.9 Å². The van der Waals surface area contributed by atoms with Gasteiger partial charge in [0.2, 0.25) is 0 Å². The predicted molar refractivity (Wildman–Crippen MR) is 92.7 cm³/mol. The Morgan fingerprint density at radius 1 is 0.724 bits per heavy atom. The SMILES string of the molecule is C=Cc1ccc(-c2cc(F)c(C(F)(F)Oc3cc(F)c(F)c(F)c3)c(F)c2)cc1. The predicted octanol–water partition coefficient (Wildman–Crippen LogP) is 6.82. The molecule has 8 heteroatoms. The van der Waals surface area contributed by atoms with Gasteiger partial charge in [0.1, 0.15) is 22.9 Å². The second-order valence-electron chi connectivity index (χ2n) is 5.96. The zero-order valence-corrected chi connectivity index (χ0v) is 14.5. The van der Waals surface area contributed by atoms with Gasteiger partial charge >= 0.3 is 6.11 Å². The number of alkyl halides is 2. The van der Waals surface area contributed by atoms with E-state index in [1.807, 2.05) is 0 Å². The summed E-state index contributed by atoms with van der Waals surface area (Å²) < 4.78 is 101. The minimum Gasteiger partial charge on any atom is -0.429 e. The van der Waals surface area contributed by atoms with Gasteiger partial charge in [-0.25, -0.2) is 22.0 Å². The highest BCUT2D eigenvalue weighted by Gasteiger charge is 2.41. The third-order valence-corrected chi connectivity index (χ3v) is 4.02. The zero-order chi connectivity index (χ0) is 21.3. The van der Waals surface area contributed by atoms with E-state index in [-0.39, 0.29) is 17.7 Å². The Labute approximate surface area is 160 Å². The highest BCUT2D eigenvalue weighted by atomic mass is 19.3. The molecule has 3 aromatic carbocycles. The summed E-state index contributed by atoms with van der Waals surface area (Å²) in [6, 6.07) is 7.88. The van der Waals surface area contributed by atoms with E-state index in [0.29, 0.717) is 17.7 Å². The lowest BCUT2D eigenvalue weighted by atomic mass is 10.0. The smallest absolute Gasteiger partial charge is 0.429 e. The van der Waals surface area contributed by atoms with E-state index in [1.54, 1.807) is 18.2 Å². The minimum atomic E-state index is -4.63. The van der Waals surface area contributed by atoms with Crippen LogP contribution in [0.25, 0.3) is 17.2 Å². The molecule has 1 nitrogen and oxygen atoms in total. The molecule has 0 amide bonds. The first-order chi connectivity index (χ1) is 13.6. The van der Waals surface area contributed by atoms with Crippen LogP contribution in [0.2, 0.25) is 0 Å². The average molecular weight is 412 g/mol. The summed E-state index contributed by atoms with van der Waals surface area (Å²) in [6.07, 6.45) is -3.08. The third-order valence-electron chi connectivity index (χ3n) is 4.02. The Kier molecular flexibility index (Phi) is 5.37. The Hall–Kier alpha value is -3.29. The minimum absolute atomic E-state index is 0.0194. The highest BCUT2D eigenvalue weighted by Crippen LogP contribution is 2.37. The van der Waals surface area contributed by atoms with Gasteiger partial charge < -0.3 is 4.74 Å². The van der Waals surface area contributed by atoms with E-state index in [9.17, 15) is 30.7 Å². The van der Waals surface area contributed by atoms with Crippen molar-refractivity contribution in [3.63, 3.8) is 0 Å². The van der Waals surface area contributed by atoms with E-state index in [1.165, 1.54) is 12.1 Å². The fourth-order valence-electron chi connectivity index (χ4n) is 2.62. The van der Waals surface area contributed by atoms with Crippen LogP contribution < -0.4 is 4.74 Å². The molecule has 0 saturated heterocycles. The van der Waals surface area contributed by atoms with Crippen molar-refractivity contribution in [3.8, 4) is 16.9 Å². The third kappa shape index (κ3) is 4.11. The van der Waals surface area contributed by atoms with Crippen LogP contribution in [0.3, 0.4) is 0 Å². The zero-order valence-electron chi connectivity index (χ0n) is 14.5. The maximum absolute atomic E-state index is 14.3. The molecule has 0 radical (unpaired) electrons. The lowest BCUT2D eigenvalue weighted by Crippen LogP contribution is -2.25. The maximum Gasteiger partial charge on any atom is 0.432 e. The molecule has 0 N–H and O–H groups in total. The molecule has 0 aliphatic heterocycles. The number of hydrogen-bond donors (Lipinski definition) is 0. The lowest BCUT2D eigenvalue weighted by Gasteiger charge is -2.20. The molecule has 0 unspecified atom stereocenters. The highest BCUT2D eigenvalue weighted by molar-refractivity contribution is 5.66.